The number of nitrogens with one attached hydrogen (secondary N) is 3. The van der Waals surface area contributed by atoms with E-state index < -0.39 is 87.0 Å². The maximum Gasteiger partial charge on any atom is 0.455 e. The fourth-order valence-electron chi connectivity index (χ4n) is 3.58. The molecule has 0 aliphatic heterocycles. The highest BCUT2D eigenvalue weighted by Gasteiger charge is 2.37. The molecule has 0 saturated heterocycles. The molecule has 3 rings (SSSR count). The summed E-state index contributed by atoms with van der Waals surface area (Å²) in [5.41, 5.74) is -2.08. The van der Waals surface area contributed by atoms with Gasteiger partial charge in [-0.05, 0) is 39.3 Å². The van der Waals surface area contributed by atoms with Crippen LogP contribution >= 0.6 is 23.2 Å². The number of carbonyl (C=O) groups is 4. The Balaban J connectivity index is 0.000000812. The molecule has 0 aliphatic rings. The molecular weight excluding hydrogens is 903 g/mol. The molecule has 3 aromatic rings. The van der Waals surface area contributed by atoms with E-state index in [0.717, 1.165) is 46.2 Å². The van der Waals surface area contributed by atoms with Crippen molar-refractivity contribution in [3.05, 3.63) is 100 Å². The quantitative estimate of drug-likeness (QED) is 0.0991. The van der Waals surface area contributed by atoms with E-state index in [-0.39, 0.29) is 23.3 Å². The first kappa shape index (κ1) is 55.1. The predicted molar refractivity (Wildman–Crippen MR) is 194 cm³/mol. The minimum absolute atomic E-state index is 0.00139. The molecule has 0 saturated carbocycles. The molecule has 2 amide bonds. The Morgan fingerprint density at radius 1 is 0.754 bits per heavy atom. The van der Waals surface area contributed by atoms with E-state index in [2.05, 4.69) is 20.4 Å². The van der Waals surface area contributed by atoms with Gasteiger partial charge in [0, 0.05) is 30.5 Å². The smallest absolute Gasteiger partial charge is 0.295 e. The second-order valence-corrected chi connectivity index (χ2v) is 12.2. The summed E-state index contributed by atoms with van der Waals surface area (Å²) in [7, 11) is 0. The summed E-state index contributed by atoms with van der Waals surface area (Å²) in [5.74, 6) is -4.07. The van der Waals surface area contributed by atoms with Crippen LogP contribution in [0.25, 0.3) is 0 Å². The number of rotatable bonds is 7. The summed E-state index contributed by atoms with van der Waals surface area (Å²) in [6.07, 6.45) is -17.1. The van der Waals surface area contributed by atoms with Crippen LogP contribution in [0.3, 0.4) is 0 Å². The third-order valence-corrected chi connectivity index (χ3v) is 7.55. The van der Waals surface area contributed by atoms with Crippen LogP contribution in [0.2, 0.25) is 10.0 Å². The van der Waals surface area contributed by atoms with E-state index in [4.69, 9.17) is 23.2 Å². The Kier molecular flexibility index (Phi) is 20.9. The summed E-state index contributed by atoms with van der Waals surface area (Å²) in [4.78, 5) is 63.9. The SMILES string of the molecule is CC(=O)NN=CC(=C(C)C(C)=O)C(F)(F)F.CC(=O)NN=CC(=O)C(F)(F)F.Cc1c(C(F)(F)F)cn[nH]c1=O.Cc1c(C(F)(F)F)cnn(Cc2cccc(Cl)c2Cl)c1=O. The van der Waals surface area contributed by atoms with E-state index >= 15 is 0 Å². The van der Waals surface area contributed by atoms with Crippen LogP contribution in [-0.4, -0.2) is 68.1 Å². The fourth-order valence-corrected chi connectivity index (χ4v) is 3.95. The monoisotopic (exact) mass is 932 g/mol. The van der Waals surface area contributed by atoms with Crippen molar-refractivity contribution < 1.29 is 71.9 Å². The summed E-state index contributed by atoms with van der Waals surface area (Å²) < 4.78 is 147. The van der Waals surface area contributed by atoms with Crippen molar-refractivity contribution in [2.24, 2.45) is 10.2 Å². The Hall–Kier alpha value is -5.92. The van der Waals surface area contributed by atoms with Gasteiger partial charge in [0.1, 0.15) is 0 Å². The number of ketones is 2. The van der Waals surface area contributed by atoms with Crippen molar-refractivity contribution in [2.75, 3.05) is 0 Å². The average molecular weight is 934 g/mol. The molecule has 0 spiro atoms. The first-order valence-corrected chi connectivity index (χ1v) is 16.6. The molecule has 61 heavy (non-hydrogen) atoms. The minimum atomic E-state index is -4.94. The third-order valence-electron chi connectivity index (χ3n) is 6.69. The molecule has 0 atom stereocenters. The molecule has 14 nitrogen and oxygen atoms in total. The minimum Gasteiger partial charge on any atom is -0.295 e. The molecule has 0 bridgehead atoms. The normalized spacial score (nSPS) is 12.2. The first-order chi connectivity index (χ1) is 27.6. The fraction of sp³-hybridized carbons (Fsp3) is 0.333. The van der Waals surface area contributed by atoms with Gasteiger partial charge < -0.3 is 0 Å². The van der Waals surface area contributed by atoms with E-state index in [0.29, 0.717) is 29.2 Å². The maximum absolute atomic E-state index is 12.7. The molecule has 336 valence electrons. The lowest BCUT2D eigenvalue weighted by Crippen LogP contribution is -2.28. The number of carbonyl (C=O) groups excluding carboxylic acids is 4. The number of nitrogens with zero attached hydrogens (tertiary/aromatic N) is 5. The van der Waals surface area contributed by atoms with Gasteiger partial charge in [-0.25, -0.2) is 20.6 Å². The molecule has 3 N–H and O–H groups in total. The largest absolute Gasteiger partial charge is 0.455 e. The van der Waals surface area contributed by atoms with Crippen molar-refractivity contribution >= 4 is 59.0 Å². The number of benzene rings is 1. The molecule has 0 aliphatic carbocycles. The van der Waals surface area contributed by atoms with Crippen LogP contribution in [-0.2, 0) is 38.1 Å². The van der Waals surface area contributed by atoms with Crippen LogP contribution in [0.4, 0.5) is 52.7 Å². The van der Waals surface area contributed by atoms with Gasteiger partial charge in [0.25, 0.3) is 16.9 Å². The second-order valence-electron chi connectivity index (χ2n) is 11.4. The van der Waals surface area contributed by atoms with Gasteiger partial charge in [-0.2, -0.15) is 73.1 Å². The number of aromatic nitrogens is 4. The van der Waals surface area contributed by atoms with Crippen LogP contribution in [0.1, 0.15) is 55.5 Å². The van der Waals surface area contributed by atoms with Crippen molar-refractivity contribution in [2.45, 2.75) is 72.8 Å². The van der Waals surface area contributed by atoms with Crippen LogP contribution in [0, 0.1) is 13.8 Å². The zero-order chi connectivity index (χ0) is 47.8. The van der Waals surface area contributed by atoms with Gasteiger partial charge in [-0.3, -0.25) is 28.8 Å². The molecule has 0 radical (unpaired) electrons. The lowest BCUT2D eigenvalue weighted by molar-refractivity contribution is -0.162. The van der Waals surface area contributed by atoms with Crippen LogP contribution < -0.4 is 22.0 Å². The van der Waals surface area contributed by atoms with Gasteiger partial charge in [-0.15, -0.1) is 0 Å². The number of hydrazone groups is 2. The third kappa shape index (κ3) is 19.3. The molecule has 28 heteroatoms. The van der Waals surface area contributed by atoms with Gasteiger partial charge in [-0.1, -0.05) is 35.3 Å². The standard InChI is InChI=1S/C13H9Cl2F3N2O.C9H11F3N2O2.C6H5F3N2O.C5H5F3N2O2/c1-7-9(13(16,17)18)5-19-20(12(7)21)6-8-3-2-4-10(14)11(8)15;1-5(6(2)15)8(9(10,11)12)4-13-14-7(3)16;1-3-4(6(7,8)9)2-10-11-5(3)12;1-3(11)10-9-2-4(12)5(6,7)8/h2-5H,6H2,1H3;4H,1-3H3,(H,14,16);2H,1H3,(H,11,12);2H,1H3,(H,10,11). The van der Waals surface area contributed by atoms with Crippen LogP contribution in [0.15, 0.2) is 61.5 Å². The Morgan fingerprint density at radius 3 is 1.67 bits per heavy atom. The number of hydrogen-bond donors (Lipinski definition) is 3. The van der Waals surface area contributed by atoms with E-state index in [1.807, 2.05) is 10.5 Å². The summed E-state index contributed by atoms with van der Waals surface area (Å²) >= 11 is 11.8. The summed E-state index contributed by atoms with van der Waals surface area (Å²) in [5, 5.41) is 14.9. The van der Waals surface area contributed by atoms with Gasteiger partial charge in [0.2, 0.25) is 11.8 Å². The highest BCUT2D eigenvalue weighted by Crippen LogP contribution is 2.31. The molecule has 0 fully saturated rings. The number of Topliss-reactive ketones (excluding diaryl/α,β-unsaturated/α-hetero) is 2. The number of allylic oxidation sites excluding steroid dienone is 2. The number of H-pyrrole nitrogens is 1. The Bertz CT molecular complexity index is 2260. The van der Waals surface area contributed by atoms with Crippen molar-refractivity contribution in [3.63, 3.8) is 0 Å². The lowest BCUT2D eigenvalue weighted by atomic mass is 10.1. The average Bonchev–Trinajstić information content (AvgIpc) is 3.10. The number of alkyl halides is 12. The number of hydrogen-bond acceptors (Lipinski definition) is 10. The Morgan fingerprint density at radius 2 is 1.25 bits per heavy atom. The van der Waals surface area contributed by atoms with Crippen molar-refractivity contribution in [3.8, 4) is 0 Å². The second kappa shape index (κ2) is 23.2. The number of amides is 2. The highest BCUT2D eigenvalue weighted by atomic mass is 35.5. The zero-order valence-corrected chi connectivity index (χ0v) is 33.2. The topological polar surface area (TPSA) is 198 Å². The van der Waals surface area contributed by atoms with Gasteiger partial charge in [0.05, 0.1) is 58.1 Å². The molecule has 1 aromatic carbocycles. The Labute approximate surface area is 344 Å². The molecule has 0 unspecified atom stereocenters. The van der Waals surface area contributed by atoms with Crippen molar-refractivity contribution in [1.29, 1.82) is 0 Å². The molecule has 2 heterocycles. The highest BCUT2D eigenvalue weighted by molar-refractivity contribution is 6.42. The molecular formula is C33H30Cl2F12N8O6. The first-order valence-electron chi connectivity index (χ1n) is 15.8. The maximum atomic E-state index is 12.7. The van der Waals surface area contributed by atoms with E-state index in [1.54, 1.807) is 23.6 Å². The lowest BCUT2D eigenvalue weighted by Gasteiger charge is -2.12. The number of aromatic amines is 1. The summed E-state index contributed by atoms with van der Waals surface area (Å²) in [6, 6.07) is 4.82. The van der Waals surface area contributed by atoms with Gasteiger partial charge in [0.15, 0.2) is 5.78 Å². The van der Waals surface area contributed by atoms with E-state index in [9.17, 15) is 81.5 Å². The van der Waals surface area contributed by atoms with E-state index in [1.165, 1.54) is 0 Å². The van der Waals surface area contributed by atoms with Gasteiger partial charge >= 0.3 is 24.7 Å². The summed E-state index contributed by atoms with van der Waals surface area (Å²) in [6.45, 7) is 6.38. The van der Waals surface area contributed by atoms with Crippen LogP contribution in [0.5, 0.6) is 0 Å². The zero-order valence-electron chi connectivity index (χ0n) is 31.7. The predicted octanol–water partition coefficient (Wildman–Crippen LogP) is 6.84. The molecule has 2 aromatic heterocycles. The van der Waals surface area contributed by atoms with Crippen molar-refractivity contribution in [1.82, 2.24) is 30.8 Å². The number of halogens is 14.